The van der Waals surface area contributed by atoms with Crippen LogP contribution >= 0.6 is 0 Å². The van der Waals surface area contributed by atoms with Crippen LogP contribution < -0.4 is 4.74 Å². The Labute approximate surface area is 108 Å². The smallest absolute Gasteiger partial charge is 0.141 e. The Morgan fingerprint density at radius 1 is 0.895 bits per heavy atom. The number of nitrogens with zero attached hydrogens (tertiary/aromatic N) is 1. The predicted molar refractivity (Wildman–Crippen MR) is 68.2 cm³/mol. The number of fused-ring (bicyclic) bond motifs is 1. The number of hydrogen-bond donors (Lipinski definition) is 0. The van der Waals surface area contributed by atoms with Gasteiger partial charge in [0.2, 0.25) is 0 Å². The van der Waals surface area contributed by atoms with E-state index in [4.69, 9.17) is 4.74 Å². The zero-order valence-corrected chi connectivity index (χ0v) is 9.81. The summed E-state index contributed by atoms with van der Waals surface area (Å²) in [4.78, 5) is 4.08. The summed E-state index contributed by atoms with van der Waals surface area (Å²) in [6, 6.07) is 11.8. The van der Waals surface area contributed by atoms with Crippen LogP contribution in [0.1, 0.15) is 0 Å². The quantitative estimate of drug-likeness (QED) is 0.682. The minimum absolute atomic E-state index is 0.314. The molecule has 0 amide bonds. The van der Waals surface area contributed by atoms with Crippen molar-refractivity contribution in [1.29, 1.82) is 0 Å². The van der Waals surface area contributed by atoms with Gasteiger partial charge in [-0.25, -0.2) is 8.78 Å². The average Bonchev–Trinajstić information content (AvgIpc) is 2.42. The first-order valence-corrected chi connectivity index (χ1v) is 5.71. The summed E-state index contributed by atoms with van der Waals surface area (Å²) < 4.78 is 32.2. The van der Waals surface area contributed by atoms with Gasteiger partial charge in [-0.05, 0) is 42.5 Å². The molecule has 4 heteroatoms. The molecule has 0 bridgehead atoms. The normalized spacial score (nSPS) is 10.6. The van der Waals surface area contributed by atoms with Crippen molar-refractivity contribution in [3.8, 4) is 11.5 Å². The van der Waals surface area contributed by atoms with Crippen LogP contribution in [0.5, 0.6) is 11.5 Å². The molecule has 0 fully saturated rings. The molecule has 1 heterocycles. The first-order valence-electron chi connectivity index (χ1n) is 5.71. The van der Waals surface area contributed by atoms with Gasteiger partial charge in [-0.15, -0.1) is 0 Å². The summed E-state index contributed by atoms with van der Waals surface area (Å²) in [6.45, 7) is 0. The number of pyridine rings is 1. The third-order valence-electron chi connectivity index (χ3n) is 2.72. The van der Waals surface area contributed by atoms with Crippen molar-refractivity contribution < 1.29 is 13.5 Å². The van der Waals surface area contributed by atoms with Gasteiger partial charge in [0, 0.05) is 6.20 Å². The second-order valence-electron chi connectivity index (χ2n) is 4.00. The van der Waals surface area contributed by atoms with E-state index in [2.05, 4.69) is 4.98 Å². The zero-order chi connectivity index (χ0) is 13.2. The van der Waals surface area contributed by atoms with Gasteiger partial charge < -0.3 is 4.74 Å². The summed E-state index contributed by atoms with van der Waals surface area (Å²) in [5.41, 5.74) is 0.514. The number of hydrogen-bond acceptors (Lipinski definition) is 2. The molecule has 0 saturated heterocycles. The maximum absolute atomic E-state index is 13.8. The van der Waals surface area contributed by atoms with E-state index in [9.17, 15) is 8.78 Å². The van der Waals surface area contributed by atoms with Crippen molar-refractivity contribution in [2.45, 2.75) is 0 Å². The Morgan fingerprint density at radius 3 is 2.47 bits per heavy atom. The van der Waals surface area contributed by atoms with Crippen LogP contribution in [0.2, 0.25) is 0 Å². The van der Waals surface area contributed by atoms with Crippen LogP contribution in [0, 0.1) is 11.6 Å². The van der Waals surface area contributed by atoms with E-state index in [1.54, 1.807) is 24.4 Å². The third-order valence-corrected chi connectivity index (χ3v) is 2.72. The average molecular weight is 257 g/mol. The summed E-state index contributed by atoms with van der Waals surface area (Å²) in [5, 5.41) is 0.314. The lowest BCUT2D eigenvalue weighted by Gasteiger charge is -2.08. The molecule has 1 aromatic heterocycles. The highest BCUT2D eigenvalue weighted by Gasteiger charge is 2.09. The third kappa shape index (κ3) is 2.25. The molecule has 0 spiro atoms. The van der Waals surface area contributed by atoms with E-state index in [0.29, 0.717) is 22.4 Å². The second-order valence-corrected chi connectivity index (χ2v) is 4.00. The molecule has 0 unspecified atom stereocenters. The van der Waals surface area contributed by atoms with Crippen LogP contribution in [0.3, 0.4) is 0 Å². The van der Waals surface area contributed by atoms with E-state index < -0.39 is 5.82 Å². The molecular formula is C15H9F2NO. The van der Waals surface area contributed by atoms with Gasteiger partial charge in [-0.3, -0.25) is 4.98 Å². The topological polar surface area (TPSA) is 22.1 Å². The van der Waals surface area contributed by atoms with Crippen molar-refractivity contribution in [3.05, 3.63) is 66.4 Å². The number of benzene rings is 2. The monoisotopic (exact) mass is 257 g/mol. The fourth-order valence-corrected chi connectivity index (χ4v) is 1.85. The maximum atomic E-state index is 13.8. The highest BCUT2D eigenvalue weighted by atomic mass is 19.1. The molecule has 0 aliphatic carbocycles. The number of halogens is 2. The SMILES string of the molecule is Fc1ccc(Oc2ccnc3cccc(F)c23)cc1. The van der Waals surface area contributed by atoms with Crippen molar-refractivity contribution in [1.82, 2.24) is 4.98 Å². The molecule has 19 heavy (non-hydrogen) atoms. The molecule has 0 radical (unpaired) electrons. The van der Waals surface area contributed by atoms with Gasteiger partial charge in [-0.2, -0.15) is 0 Å². The van der Waals surface area contributed by atoms with Crippen molar-refractivity contribution in [2.75, 3.05) is 0 Å². The minimum atomic E-state index is -0.400. The molecule has 94 valence electrons. The predicted octanol–water partition coefficient (Wildman–Crippen LogP) is 4.31. The Bertz CT molecular complexity index is 721. The Morgan fingerprint density at radius 2 is 1.68 bits per heavy atom. The molecule has 0 N–H and O–H groups in total. The highest BCUT2D eigenvalue weighted by molar-refractivity contribution is 5.85. The lowest BCUT2D eigenvalue weighted by Crippen LogP contribution is -1.90. The van der Waals surface area contributed by atoms with Gasteiger partial charge in [0.15, 0.2) is 0 Å². The second kappa shape index (κ2) is 4.65. The lowest BCUT2D eigenvalue weighted by molar-refractivity contribution is 0.483. The highest BCUT2D eigenvalue weighted by Crippen LogP contribution is 2.30. The summed E-state index contributed by atoms with van der Waals surface area (Å²) in [5.74, 6) is 0.0488. The summed E-state index contributed by atoms with van der Waals surface area (Å²) >= 11 is 0. The summed E-state index contributed by atoms with van der Waals surface area (Å²) in [6.07, 6.45) is 1.54. The molecular weight excluding hydrogens is 248 g/mol. The van der Waals surface area contributed by atoms with Gasteiger partial charge in [0.05, 0.1) is 10.9 Å². The lowest BCUT2D eigenvalue weighted by atomic mass is 10.2. The zero-order valence-electron chi connectivity index (χ0n) is 9.81. The molecule has 0 saturated carbocycles. The molecule has 0 aliphatic rings. The van der Waals surface area contributed by atoms with Crippen molar-refractivity contribution >= 4 is 10.9 Å². The number of ether oxygens (including phenoxy) is 1. The molecule has 0 aliphatic heterocycles. The Balaban J connectivity index is 2.08. The van der Waals surface area contributed by atoms with E-state index in [1.807, 2.05) is 0 Å². The van der Waals surface area contributed by atoms with E-state index >= 15 is 0 Å². The maximum Gasteiger partial charge on any atom is 0.141 e. The van der Waals surface area contributed by atoms with Gasteiger partial charge in [-0.1, -0.05) is 6.07 Å². The molecule has 2 aromatic carbocycles. The largest absolute Gasteiger partial charge is 0.456 e. The molecule has 0 atom stereocenters. The van der Waals surface area contributed by atoms with Crippen LogP contribution in [0.4, 0.5) is 8.78 Å². The van der Waals surface area contributed by atoms with Crippen molar-refractivity contribution in [2.24, 2.45) is 0 Å². The fourth-order valence-electron chi connectivity index (χ4n) is 1.85. The van der Waals surface area contributed by atoms with E-state index in [-0.39, 0.29) is 5.82 Å². The standard InChI is InChI=1S/C15H9F2NO/c16-10-4-6-11(7-5-10)19-14-8-9-18-13-3-1-2-12(17)15(13)14/h1-9H. The van der Waals surface area contributed by atoms with Crippen LogP contribution in [0.25, 0.3) is 10.9 Å². The van der Waals surface area contributed by atoms with Crippen molar-refractivity contribution in [3.63, 3.8) is 0 Å². The Hall–Kier alpha value is -2.49. The van der Waals surface area contributed by atoms with E-state index in [0.717, 1.165) is 0 Å². The minimum Gasteiger partial charge on any atom is -0.456 e. The fraction of sp³-hybridized carbons (Fsp3) is 0. The van der Waals surface area contributed by atoms with Gasteiger partial charge in [0.1, 0.15) is 23.1 Å². The van der Waals surface area contributed by atoms with Gasteiger partial charge >= 0.3 is 0 Å². The first kappa shape index (κ1) is 11.6. The first-order chi connectivity index (χ1) is 9.24. The van der Waals surface area contributed by atoms with E-state index in [1.165, 1.54) is 30.3 Å². The van der Waals surface area contributed by atoms with Crippen LogP contribution in [0.15, 0.2) is 54.7 Å². The van der Waals surface area contributed by atoms with Crippen LogP contribution in [-0.4, -0.2) is 4.98 Å². The van der Waals surface area contributed by atoms with Gasteiger partial charge in [0.25, 0.3) is 0 Å². The summed E-state index contributed by atoms with van der Waals surface area (Å²) in [7, 11) is 0. The molecule has 3 aromatic rings. The number of aromatic nitrogens is 1. The molecule has 2 nitrogen and oxygen atoms in total. The van der Waals surface area contributed by atoms with Crippen LogP contribution in [-0.2, 0) is 0 Å². The Kier molecular flexibility index (Phi) is 2.83. The molecule has 3 rings (SSSR count). The number of rotatable bonds is 2.